The average molecular weight is 296 g/mol. The number of nitrogens with two attached hydrogens (primary N) is 1. The second-order valence-electron chi connectivity index (χ2n) is 5.05. The zero-order chi connectivity index (χ0) is 15.2. The van der Waals surface area contributed by atoms with Crippen molar-refractivity contribution in [3.8, 4) is 0 Å². The van der Waals surface area contributed by atoms with E-state index in [0.29, 0.717) is 26.2 Å². The Kier molecular flexibility index (Phi) is 5.67. The molecule has 0 radical (unpaired) electrons. The molecule has 0 spiro atoms. The van der Waals surface area contributed by atoms with Crippen LogP contribution in [0.5, 0.6) is 0 Å². The van der Waals surface area contributed by atoms with Crippen LogP contribution in [0.15, 0.2) is 24.3 Å². The van der Waals surface area contributed by atoms with Crippen molar-refractivity contribution in [3.63, 3.8) is 0 Å². The first-order valence-electron chi connectivity index (χ1n) is 7.01. The number of ether oxygens (including phenoxy) is 2. The Labute approximate surface area is 123 Å². The van der Waals surface area contributed by atoms with Gasteiger partial charge in [0.2, 0.25) is 5.91 Å². The van der Waals surface area contributed by atoms with Gasteiger partial charge in [0.15, 0.2) is 0 Å². The van der Waals surface area contributed by atoms with Gasteiger partial charge in [-0.25, -0.2) is 4.39 Å². The molecule has 21 heavy (non-hydrogen) atoms. The second-order valence-corrected chi connectivity index (χ2v) is 5.05. The number of carbonyl (C=O) groups is 1. The van der Waals surface area contributed by atoms with Crippen LogP contribution in [0.3, 0.4) is 0 Å². The predicted molar refractivity (Wildman–Crippen MR) is 76.1 cm³/mol. The topological polar surface area (TPSA) is 64.8 Å². The van der Waals surface area contributed by atoms with Crippen molar-refractivity contribution in [2.75, 3.05) is 33.4 Å². The number of hydrogen-bond acceptors (Lipinski definition) is 4. The molecule has 2 rings (SSSR count). The maximum Gasteiger partial charge on any atom is 0.225 e. The van der Waals surface area contributed by atoms with Crippen molar-refractivity contribution in [1.29, 1.82) is 0 Å². The molecular formula is C15H21FN2O3. The molecule has 116 valence electrons. The molecule has 2 atom stereocenters. The van der Waals surface area contributed by atoms with Gasteiger partial charge in [-0.05, 0) is 17.7 Å². The summed E-state index contributed by atoms with van der Waals surface area (Å²) < 4.78 is 24.1. The molecular weight excluding hydrogens is 275 g/mol. The second kappa shape index (κ2) is 7.49. The van der Waals surface area contributed by atoms with Crippen LogP contribution >= 0.6 is 0 Å². The lowest BCUT2D eigenvalue weighted by Gasteiger charge is -2.34. The fourth-order valence-corrected chi connectivity index (χ4v) is 2.37. The normalized spacial score (nSPS) is 20.3. The minimum Gasteiger partial charge on any atom is -0.380 e. The number of carbonyl (C=O) groups excluding carboxylic acids is 1. The standard InChI is InChI=1S/C15H21FN2O3/c1-20-13(9-17)8-15(19)18-5-6-21-14(10-18)11-3-2-4-12(16)7-11/h2-4,7,13-14H,5-6,8-10,17H2,1H3. The van der Waals surface area contributed by atoms with Crippen molar-refractivity contribution in [1.82, 2.24) is 4.90 Å². The van der Waals surface area contributed by atoms with Crippen LogP contribution in [0.2, 0.25) is 0 Å². The number of rotatable bonds is 5. The highest BCUT2D eigenvalue weighted by Crippen LogP contribution is 2.23. The first kappa shape index (κ1) is 15.9. The summed E-state index contributed by atoms with van der Waals surface area (Å²) in [5, 5.41) is 0. The molecule has 1 saturated heterocycles. The van der Waals surface area contributed by atoms with E-state index < -0.39 is 0 Å². The highest BCUT2D eigenvalue weighted by Gasteiger charge is 2.26. The van der Waals surface area contributed by atoms with Gasteiger partial charge in [0.1, 0.15) is 11.9 Å². The Balaban J connectivity index is 1.98. The molecule has 1 fully saturated rings. The Morgan fingerprint density at radius 1 is 1.62 bits per heavy atom. The van der Waals surface area contributed by atoms with Crippen molar-refractivity contribution >= 4 is 5.91 Å². The molecule has 1 aromatic rings. The monoisotopic (exact) mass is 296 g/mol. The highest BCUT2D eigenvalue weighted by molar-refractivity contribution is 5.76. The molecule has 0 bridgehead atoms. The predicted octanol–water partition coefficient (Wildman–Crippen LogP) is 1.09. The van der Waals surface area contributed by atoms with Gasteiger partial charge < -0.3 is 20.1 Å². The van der Waals surface area contributed by atoms with E-state index in [1.54, 1.807) is 24.1 Å². The van der Waals surface area contributed by atoms with E-state index in [-0.39, 0.29) is 30.4 Å². The molecule has 0 aromatic heterocycles. The van der Waals surface area contributed by atoms with Gasteiger partial charge in [0, 0.05) is 20.2 Å². The third kappa shape index (κ3) is 4.23. The molecule has 1 aliphatic rings. The molecule has 0 saturated carbocycles. The Morgan fingerprint density at radius 2 is 2.43 bits per heavy atom. The number of amides is 1. The zero-order valence-electron chi connectivity index (χ0n) is 12.1. The van der Waals surface area contributed by atoms with E-state index in [1.807, 2.05) is 0 Å². The van der Waals surface area contributed by atoms with E-state index in [0.717, 1.165) is 5.56 Å². The first-order valence-corrected chi connectivity index (χ1v) is 7.01. The smallest absolute Gasteiger partial charge is 0.225 e. The maximum atomic E-state index is 13.3. The lowest BCUT2D eigenvalue weighted by Crippen LogP contribution is -2.44. The summed E-state index contributed by atoms with van der Waals surface area (Å²) in [5.74, 6) is -0.320. The van der Waals surface area contributed by atoms with E-state index in [4.69, 9.17) is 15.2 Å². The van der Waals surface area contributed by atoms with Gasteiger partial charge >= 0.3 is 0 Å². The third-order valence-electron chi connectivity index (χ3n) is 3.64. The lowest BCUT2D eigenvalue weighted by molar-refractivity contribution is -0.141. The number of methoxy groups -OCH3 is 1. The number of hydrogen-bond donors (Lipinski definition) is 1. The van der Waals surface area contributed by atoms with Crippen LogP contribution in [-0.4, -0.2) is 50.3 Å². The first-order chi connectivity index (χ1) is 10.1. The number of morpholine rings is 1. The summed E-state index contributed by atoms with van der Waals surface area (Å²) >= 11 is 0. The largest absolute Gasteiger partial charge is 0.380 e. The Hall–Kier alpha value is -1.50. The van der Waals surface area contributed by atoms with Crippen LogP contribution in [0, 0.1) is 5.82 Å². The third-order valence-corrected chi connectivity index (χ3v) is 3.64. The summed E-state index contributed by atoms with van der Waals surface area (Å²) in [6.45, 7) is 1.70. The molecule has 1 heterocycles. The van der Waals surface area contributed by atoms with Crippen LogP contribution in [0.1, 0.15) is 18.1 Å². The molecule has 2 N–H and O–H groups in total. The summed E-state index contributed by atoms with van der Waals surface area (Å²) in [4.78, 5) is 14.0. The van der Waals surface area contributed by atoms with Gasteiger partial charge in [0.05, 0.1) is 25.7 Å². The fourth-order valence-electron chi connectivity index (χ4n) is 2.37. The summed E-state index contributed by atoms with van der Waals surface area (Å²) in [6, 6.07) is 6.28. The Morgan fingerprint density at radius 3 is 3.10 bits per heavy atom. The minimum absolute atomic E-state index is 0.0167. The number of nitrogens with zero attached hydrogens (tertiary/aromatic N) is 1. The molecule has 5 nitrogen and oxygen atoms in total. The van der Waals surface area contributed by atoms with Crippen LogP contribution in [-0.2, 0) is 14.3 Å². The van der Waals surface area contributed by atoms with Gasteiger partial charge in [-0.1, -0.05) is 12.1 Å². The Bertz CT molecular complexity index is 480. The minimum atomic E-state index is -0.304. The van der Waals surface area contributed by atoms with E-state index >= 15 is 0 Å². The fraction of sp³-hybridized carbons (Fsp3) is 0.533. The number of benzene rings is 1. The van der Waals surface area contributed by atoms with Crippen molar-refractivity contribution < 1.29 is 18.7 Å². The van der Waals surface area contributed by atoms with Crippen molar-refractivity contribution in [3.05, 3.63) is 35.6 Å². The molecule has 6 heteroatoms. The molecule has 1 aliphatic heterocycles. The van der Waals surface area contributed by atoms with Gasteiger partial charge in [0.25, 0.3) is 0 Å². The van der Waals surface area contributed by atoms with Crippen LogP contribution in [0.4, 0.5) is 4.39 Å². The highest BCUT2D eigenvalue weighted by atomic mass is 19.1. The molecule has 0 aliphatic carbocycles. The van der Waals surface area contributed by atoms with Crippen LogP contribution in [0.25, 0.3) is 0 Å². The molecule has 2 unspecified atom stereocenters. The van der Waals surface area contributed by atoms with Crippen molar-refractivity contribution in [2.24, 2.45) is 5.73 Å². The average Bonchev–Trinajstić information content (AvgIpc) is 2.52. The van der Waals surface area contributed by atoms with E-state index in [9.17, 15) is 9.18 Å². The zero-order valence-corrected chi connectivity index (χ0v) is 12.1. The summed E-state index contributed by atoms with van der Waals surface area (Å²) in [5.41, 5.74) is 6.28. The number of halogens is 1. The van der Waals surface area contributed by atoms with Gasteiger partial charge in [-0.2, -0.15) is 0 Å². The lowest BCUT2D eigenvalue weighted by atomic mass is 10.1. The van der Waals surface area contributed by atoms with E-state index in [1.165, 1.54) is 12.1 Å². The SMILES string of the molecule is COC(CN)CC(=O)N1CCOC(c2cccc(F)c2)C1. The summed E-state index contributed by atoms with van der Waals surface area (Å²) in [6.07, 6.45) is -0.312. The molecule has 1 aromatic carbocycles. The van der Waals surface area contributed by atoms with Gasteiger partial charge in [-0.15, -0.1) is 0 Å². The van der Waals surface area contributed by atoms with Crippen molar-refractivity contribution in [2.45, 2.75) is 18.6 Å². The maximum absolute atomic E-state index is 13.3. The van der Waals surface area contributed by atoms with Crippen LogP contribution < -0.4 is 5.73 Å². The quantitative estimate of drug-likeness (QED) is 0.883. The van der Waals surface area contributed by atoms with E-state index in [2.05, 4.69) is 0 Å². The summed E-state index contributed by atoms with van der Waals surface area (Å²) in [7, 11) is 1.54. The molecule has 1 amide bonds. The van der Waals surface area contributed by atoms with Gasteiger partial charge in [-0.3, -0.25) is 4.79 Å².